The van der Waals surface area contributed by atoms with Crippen LogP contribution in [0.4, 0.5) is 0 Å². The van der Waals surface area contributed by atoms with Crippen molar-refractivity contribution in [2.45, 2.75) is 33.2 Å². The van der Waals surface area contributed by atoms with Gasteiger partial charge < -0.3 is 10.2 Å². The summed E-state index contributed by atoms with van der Waals surface area (Å²) in [5.74, 6) is 1.38. The first-order valence-electron chi connectivity index (χ1n) is 7.50. The number of benzene rings is 1. The van der Waals surface area contributed by atoms with Gasteiger partial charge in [0, 0.05) is 30.7 Å². The van der Waals surface area contributed by atoms with Crippen molar-refractivity contribution in [2.24, 2.45) is 11.8 Å². The molecular weight excluding hydrogens is 248 g/mol. The summed E-state index contributed by atoms with van der Waals surface area (Å²) in [7, 11) is 0. The summed E-state index contributed by atoms with van der Waals surface area (Å²) in [6, 6.07) is 6.14. The van der Waals surface area contributed by atoms with E-state index in [2.05, 4.69) is 44.0 Å². The second-order valence-corrected chi connectivity index (χ2v) is 6.97. The van der Waals surface area contributed by atoms with Gasteiger partial charge in [-0.3, -0.25) is 4.79 Å². The molecule has 1 amide bonds. The van der Waals surface area contributed by atoms with Crippen LogP contribution in [-0.2, 0) is 0 Å². The standard InChI is InChI=1S/C17H24N2O/c1-11-5-12(2)7-13(6-11)16(20)19-10-14-8-18-9-15(14)17(19,3)4/h5-7,14-15,18H,8-10H2,1-4H3. The molecule has 108 valence electrons. The van der Waals surface area contributed by atoms with Crippen LogP contribution in [0.25, 0.3) is 0 Å². The van der Waals surface area contributed by atoms with E-state index in [9.17, 15) is 4.79 Å². The Kier molecular flexibility index (Phi) is 3.13. The van der Waals surface area contributed by atoms with Crippen molar-refractivity contribution in [1.29, 1.82) is 0 Å². The molecule has 1 aromatic carbocycles. The first-order chi connectivity index (χ1) is 9.39. The van der Waals surface area contributed by atoms with Gasteiger partial charge in [-0.25, -0.2) is 0 Å². The van der Waals surface area contributed by atoms with Crippen molar-refractivity contribution in [3.05, 3.63) is 34.9 Å². The second-order valence-electron chi connectivity index (χ2n) is 6.97. The highest BCUT2D eigenvalue weighted by atomic mass is 16.2. The Balaban J connectivity index is 1.91. The minimum Gasteiger partial charge on any atom is -0.333 e. The maximum Gasteiger partial charge on any atom is 0.254 e. The van der Waals surface area contributed by atoms with E-state index in [0.29, 0.717) is 11.8 Å². The smallest absolute Gasteiger partial charge is 0.254 e. The molecule has 0 spiro atoms. The summed E-state index contributed by atoms with van der Waals surface area (Å²) in [6.45, 7) is 11.5. The molecule has 2 heterocycles. The molecule has 2 aliphatic rings. The number of carbonyl (C=O) groups excluding carboxylic acids is 1. The van der Waals surface area contributed by atoms with E-state index >= 15 is 0 Å². The third-order valence-corrected chi connectivity index (χ3v) is 5.07. The van der Waals surface area contributed by atoms with Crippen LogP contribution in [0.1, 0.15) is 35.3 Å². The molecule has 2 unspecified atom stereocenters. The Bertz CT molecular complexity index is 530. The van der Waals surface area contributed by atoms with Gasteiger partial charge in [-0.2, -0.15) is 0 Å². The molecule has 20 heavy (non-hydrogen) atoms. The Morgan fingerprint density at radius 2 is 1.85 bits per heavy atom. The van der Waals surface area contributed by atoms with Gasteiger partial charge in [-0.15, -0.1) is 0 Å². The molecule has 0 bridgehead atoms. The highest BCUT2D eigenvalue weighted by molar-refractivity contribution is 5.95. The van der Waals surface area contributed by atoms with Crippen LogP contribution in [0.5, 0.6) is 0 Å². The van der Waals surface area contributed by atoms with Crippen LogP contribution in [0, 0.1) is 25.7 Å². The quantitative estimate of drug-likeness (QED) is 0.851. The number of fused-ring (bicyclic) bond motifs is 1. The number of rotatable bonds is 1. The van der Waals surface area contributed by atoms with Gasteiger partial charge in [0.15, 0.2) is 0 Å². The number of nitrogens with one attached hydrogen (secondary N) is 1. The van der Waals surface area contributed by atoms with Crippen molar-refractivity contribution in [3.63, 3.8) is 0 Å². The number of hydrogen-bond donors (Lipinski definition) is 1. The Morgan fingerprint density at radius 1 is 1.20 bits per heavy atom. The molecule has 2 aliphatic heterocycles. The van der Waals surface area contributed by atoms with Crippen LogP contribution in [0.2, 0.25) is 0 Å². The summed E-state index contributed by atoms with van der Waals surface area (Å²) in [5, 5.41) is 3.46. The number of hydrogen-bond acceptors (Lipinski definition) is 2. The molecule has 1 N–H and O–H groups in total. The van der Waals surface area contributed by atoms with E-state index in [0.717, 1.165) is 36.3 Å². The maximum absolute atomic E-state index is 12.9. The lowest BCUT2D eigenvalue weighted by atomic mass is 9.84. The molecule has 0 aromatic heterocycles. The van der Waals surface area contributed by atoms with Crippen LogP contribution in [0.15, 0.2) is 18.2 Å². The minimum atomic E-state index is -0.0527. The molecule has 3 rings (SSSR count). The van der Waals surface area contributed by atoms with Crippen molar-refractivity contribution in [3.8, 4) is 0 Å². The highest BCUT2D eigenvalue weighted by Crippen LogP contribution is 2.41. The molecule has 3 heteroatoms. The zero-order chi connectivity index (χ0) is 14.5. The monoisotopic (exact) mass is 272 g/mol. The fraction of sp³-hybridized carbons (Fsp3) is 0.588. The number of carbonyl (C=O) groups is 1. The predicted molar refractivity (Wildman–Crippen MR) is 80.9 cm³/mol. The lowest BCUT2D eigenvalue weighted by Crippen LogP contribution is -2.47. The number of amides is 1. The first kappa shape index (κ1) is 13.6. The number of aryl methyl sites for hydroxylation is 2. The summed E-state index contributed by atoms with van der Waals surface area (Å²) in [5.41, 5.74) is 3.10. The zero-order valence-corrected chi connectivity index (χ0v) is 12.9. The summed E-state index contributed by atoms with van der Waals surface area (Å²) in [4.78, 5) is 15.0. The summed E-state index contributed by atoms with van der Waals surface area (Å²) >= 11 is 0. The van der Waals surface area contributed by atoms with Crippen molar-refractivity contribution in [1.82, 2.24) is 10.2 Å². The van der Waals surface area contributed by atoms with Gasteiger partial charge in [0.1, 0.15) is 0 Å². The lowest BCUT2D eigenvalue weighted by molar-refractivity contribution is 0.0603. The Hall–Kier alpha value is -1.35. The molecule has 0 radical (unpaired) electrons. The van der Waals surface area contributed by atoms with E-state index in [1.54, 1.807) is 0 Å². The lowest BCUT2D eigenvalue weighted by Gasteiger charge is -2.35. The third-order valence-electron chi connectivity index (χ3n) is 5.07. The Labute approximate surface area is 121 Å². The second kappa shape index (κ2) is 4.59. The largest absolute Gasteiger partial charge is 0.333 e. The van der Waals surface area contributed by atoms with E-state index in [4.69, 9.17) is 0 Å². The maximum atomic E-state index is 12.9. The Morgan fingerprint density at radius 3 is 2.45 bits per heavy atom. The van der Waals surface area contributed by atoms with Gasteiger partial charge >= 0.3 is 0 Å². The normalized spacial score (nSPS) is 27.7. The molecule has 0 saturated carbocycles. The van der Waals surface area contributed by atoms with Gasteiger partial charge in [-0.1, -0.05) is 17.2 Å². The van der Waals surface area contributed by atoms with Crippen LogP contribution < -0.4 is 5.32 Å². The number of likely N-dealkylation sites (tertiary alicyclic amines) is 1. The SMILES string of the molecule is Cc1cc(C)cc(C(=O)N2CC3CNCC3C2(C)C)c1. The average molecular weight is 272 g/mol. The molecular formula is C17H24N2O. The van der Waals surface area contributed by atoms with E-state index in [-0.39, 0.29) is 11.4 Å². The van der Waals surface area contributed by atoms with Crippen molar-refractivity contribution in [2.75, 3.05) is 19.6 Å². The first-order valence-corrected chi connectivity index (χ1v) is 7.50. The molecule has 0 aliphatic carbocycles. The average Bonchev–Trinajstić information content (AvgIpc) is 2.90. The van der Waals surface area contributed by atoms with Gasteiger partial charge in [-0.05, 0) is 51.7 Å². The fourth-order valence-corrected chi connectivity index (χ4v) is 4.02. The number of nitrogens with zero attached hydrogens (tertiary/aromatic N) is 1. The van der Waals surface area contributed by atoms with Crippen LogP contribution in [-0.4, -0.2) is 36.0 Å². The molecule has 2 fully saturated rings. The zero-order valence-electron chi connectivity index (χ0n) is 12.9. The van der Waals surface area contributed by atoms with Gasteiger partial charge in [0.2, 0.25) is 0 Å². The van der Waals surface area contributed by atoms with Crippen LogP contribution >= 0.6 is 0 Å². The van der Waals surface area contributed by atoms with E-state index < -0.39 is 0 Å². The van der Waals surface area contributed by atoms with Gasteiger partial charge in [0.25, 0.3) is 5.91 Å². The molecule has 3 nitrogen and oxygen atoms in total. The molecule has 2 atom stereocenters. The fourth-order valence-electron chi connectivity index (χ4n) is 4.02. The summed E-state index contributed by atoms with van der Waals surface area (Å²) in [6.07, 6.45) is 0. The molecule has 1 aromatic rings. The topological polar surface area (TPSA) is 32.3 Å². The summed E-state index contributed by atoms with van der Waals surface area (Å²) < 4.78 is 0. The minimum absolute atomic E-state index is 0.0527. The van der Waals surface area contributed by atoms with Crippen molar-refractivity contribution >= 4 is 5.91 Å². The highest BCUT2D eigenvalue weighted by Gasteiger charge is 2.51. The van der Waals surface area contributed by atoms with Gasteiger partial charge in [0.05, 0.1) is 0 Å². The van der Waals surface area contributed by atoms with E-state index in [1.807, 2.05) is 12.1 Å². The van der Waals surface area contributed by atoms with Crippen molar-refractivity contribution < 1.29 is 4.79 Å². The molecule has 2 saturated heterocycles. The third kappa shape index (κ3) is 2.05. The van der Waals surface area contributed by atoms with Crippen LogP contribution in [0.3, 0.4) is 0 Å². The van der Waals surface area contributed by atoms with E-state index in [1.165, 1.54) is 0 Å². The predicted octanol–water partition coefficient (Wildman–Crippen LogP) is 2.37.